The third-order valence-corrected chi connectivity index (χ3v) is 6.33. The zero-order chi connectivity index (χ0) is 19.8. The molecular weight excluding hydrogens is 420 g/mol. The number of fused-ring (bicyclic) bond motifs is 2. The van der Waals surface area contributed by atoms with Gasteiger partial charge in [0, 0.05) is 25.8 Å². The van der Waals surface area contributed by atoms with Crippen LogP contribution in [0.1, 0.15) is 11.1 Å². The van der Waals surface area contributed by atoms with Gasteiger partial charge in [-0.1, -0.05) is 6.07 Å². The highest BCUT2D eigenvalue weighted by Crippen LogP contribution is 2.25. The fourth-order valence-corrected chi connectivity index (χ4v) is 4.60. The average molecular weight is 443 g/mol. The molecule has 3 aromatic heterocycles. The van der Waals surface area contributed by atoms with Gasteiger partial charge in [-0.2, -0.15) is 0 Å². The zero-order valence-corrected chi connectivity index (χ0v) is 18.3. The van der Waals surface area contributed by atoms with E-state index < -0.39 is 0 Å². The highest BCUT2D eigenvalue weighted by Gasteiger charge is 2.13. The molecule has 5 rings (SSSR count). The molecule has 156 valence electrons. The number of hydrogen-bond donors (Lipinski definition) is 1. The third kappa shape index (κ3) is 4.11. The van der Waals surface area contributed by atoms with E-state index in [1.54, 1.807) is 11.3 Å². The van der Waals surface area contributed by atoms with Crippen molar-refractivity contribution in [2.45, 2.75) is 13.3 Å². The first-order valence-corrected chi connectivity index (χ1v) is 10.7. The van der Waals surface area contributed by atoms with Gasteiger partial charge < -0.3 is 9.72 Å². The number of pyridine rings is 1. The van der Waals surface area contributed by atoms with Gasteiger partial charge in [0.1, 0.15) is 5.69 Å². The Morgan fingerprint density at radius 3 is 2.90 bits per heavy atom. The molecule has 1 aromatic carbocycles. The quantitative estimate of drug-likeness (QED) is 0.520. The number of ether oxygens (including phenoxy) is 1. The summed E-state index contributed by atoms with van der Waals surface area (Å²) < 4.78 is 6.53. The molecule has 0 radical (unpaired) electrons. The minimum Gasteiger partial charge on any atom is -0.379 e. The van der Waals surface area contributed by atoms with Crippen molar-refractivity contribution in [2.75, 3.05) is 32.8 Å². The number of nitrogens with one attached hydrogen (secondary N) is 1. The van der Waals surface area contributed by atoms with Crippen LogP contribution in [-0.2, 0) is 11.2 Å². The van der Waals surface area contributed by atoms with E-state index >= 15 is 0 Å². The molecule has 1 aliphatic heterocycles. The van der Waals surface area contributed by atoms with Crippen LogP contribution in [0.25, 0.3) is 32.5 Å². The van der Waals surface area contributed by atoms with E-state index in [1.807, 2.05) is 30.6 Å². The lowest BCUT2D eigenvalue weighted by Gasteiger charge is -2.26. The molecule has 0 bridgehead atoms. The Hall–Kier alpha value is -2.32. The van der Waals surface area contributed by atoms with E-state index in [9.17, 15) is 4.79 Å². The van der Waals surface area contributed by atoms with Gasteiger partial charge in [0.05, 0.1) is 28.8 Å². The second-order valence-electron chi connectivity index (χ2n) is 7.46. The molecule has 4 aromatic rings. The summed E-state index contributed by atoms with van der Waals surface area (Å²) in [6, 6.07) is 8.15. The Kier molecular flexibility index (Phi) is 6.15. The van der Waals surface area contributed by atoms with Crippen LogP contribution in [0.2, 0.25) is 0 Å². The summed E-state index contributed by atoms with van der Waals surface area (Å²) in [7, 11) is 0. The van der Waals surface area contributed by atoms with Crippen LogP contribution < -0.4 is 5.56 Å². The van der Waals surface area contributed by atoms with Gasteiger partial charge in [-0.25, -0.2) is 4.98 Å². The van der Waals surface area contributed by atoms with Crippen molar-refractivity contribution >= 4 is 44.7 Å². The Morgan fingerprint density at radius 2 is 2.07 bits per heavy atom. The lowest BCUT2D eigenvalue weighted by molar-refractivity contribution is 0.0384. The van der Waals surface area contributed by atoms with Crippen molar-refractivity contribution in [2.24, 2.45) is 0 Å². The van der Waals surface area contributed by atoms with Crippen LogP contribution in [0.15, 0.2) is 40.6 Å². The molecule has 8 heteroatoms. The highest BCUT2D eigenvalue weighted by atomic mass is 35.5. The van der Waals surface area contributed by atoms with Crippen molar-refractivity contribution in [1.29, 1.82) is 0 Å². The van der Waals surface area contributed by atoms with Crippen LogP contribution in [0.3, 0.4) is 0 Å². The van der Waals surface area contributed by atoms with Crippen LogP contribution in [0, 0.1) is 6.92 Å². The molecule has 1 saturated heterocycles. The molecule has 1 aliphatic rings. The number of aromatic nitrogens is 3. The Balaban J connectivity index is 0.00000218. The average Bonchev–Trinajstić information content (AvgIpc) is 3.21. The summed E-state index contributed by atoms with van der Waals surface area (Å²) in [5.74, 6) is 0.514. The minimum atomic E-state index is -0.117. The molecular formula is C22H23ClN4O2S. The molecule has 0 atom stereocenters. The number of nitrogens with zero attached hydrogens (tertiary/aromatic N) is 3. The smallest absolute Gasteiger partial charge is 0.259 e. The Bertz CT molecular complexity index is 1250. The Labute approximate surface area is 184 Å². The molecule has 0 saturated carbocycles. The van der Waals surface area contributed by atoms with Crippen LogP contribution >= 0.6 is 23.7 Å². The number of halogens is 1. The molecule has 0 unspecified atom stereocenters. The molecule has 4 heterocycles. The van der Waals surface area contributed by atoms with Crippen molar-refractivity contribution in [3.05, 3.63) is 57.3 Å². The molecule has 30 heavy (non-hydrogen) atoms. The lowest BCUT2D eigenvalue weighted by atomic mass is 10.0. The van der Waals surface area contributed by atoms with Gasteiger partial charge in [0.25, 0.3) is 5.56 Å². The number of benzene rings is 1. The van der Waals surface area contributed by atoms with Crippen molar-refractivity contribution in [3.63, 3.8) is 0 Å². The number of rotatable bonds is 4. The topological polar surface area (TPSA) is 71.1 Å². The first-order chi connectivity index (χ1) is 14.2. The zero-order valence-electron chi connectivity index (χ0n) is 16.7. The molecule has 0 aliphatic carbocycles. The number of aryl methyl sites for hydroxylation is 1. The number of H-pyrrole nitrogens is 1. The lowest BCUT2D eigenvalue weighted by Crippen LogP contribution is -2.37. The van der Waals surface area contributed by atoms with Crippen molar-refractivity contribution in [3.8, 4) is 11.5 Å². The summed E-state index contributed by atoms with van der Waals surface area (Å²) in [6.45, 7) is 6.54. The monoisotopic (exact) mass is 442 g/mol. The second-order valence-corrected chi connectivity index (χ2v) is 8.40. The van der Waals surface area contributed by atoms with Gasteiger partial charge in [-0.3, -0.25) is 14.7 Å². The van der Waals surface area contributed by atoms with Crippen LogP contribution in [0.5, 0.6) is 0 Å². The molecule has 0 spiro atoms. The minimum absolute atomic E-state index is 0. The largest absolute Gasteiger partial charge is 0.379 e. The van der Waals surface area contributed by atoms with E-state index in [0.29, 0.717) is 16.9 Å². The van der Waals surface area contributed by atoms with Gasteiger partial charge in [0.2, 0.25) is 0 Å². The van der Waals surface area contributed by atoms with Gasteiger partial charge in [-0.15, -0.1) is 23.7 Å². The second kappa shape index (κ2) is 8.81. The van der Waals surface area contributed by atoms with E-state index in [2.05, 4.69) is 27.0 Å². The van der Waals surface area contributed by atoms with E-state index in [4.69, 9.17) is 9.72 Å². The van der Waals surface area contributed by atoms with E-state index in [-0.39, 0.29) is 18.0 Å². The Morgan fingerprint density at radius 1 is 1.23 bits per heavy atom. The summed E-state index contributed by atoms with van der Waals surface area (Å²) in [4.78, 5) is 27.4. The van der Waals surface area contributed by atoms with Gasteiger partial charge >= 0.3 is 0 Å². The first kappa shape index (κ1) is 20.9. The predicted octanol–water partition coefficient (Wildman–Crippen LogP) is 3.80. The number of thiophene rings is 1. The first-order valence-electron chi connectivity index (χ1n) is 9.85. The molecule has 1 fully saturated rings. The predicted molar refractivity (Wildman–Crippen MR) is 124 cm³/mol. The summed E-state index contributed by atoms with van der Waals surface area (Å²) >= 11 is 1.65. The standard InChI is InChI=1S/C22H22N4O2S.ClH/c1-14-10-15(2-4-26-5-7-28-8-6-26)11-17-20(14)24-21(25-22(17)27)18-12-16-3-9-29-19(16)13-23-18;/h3,9-13H,2,4-8H2,1H3,(H,24,25,27);1H. The summed E-state index contributed by atoms with van der Waals surface area (Å²) in [5.41, 5.74) is 3.49. The maximum atomic E-state index is 12.8. The van der Waals surface area contributed by atoms with E-state index in [1.165, 1.54) is 5.56 Å². The summed E-state index contributed by atoms with van der Waals surface area (Å²) in [6.07, 6.45) is 2.75. The maximum absolute atomic E-state index is 12.8. The fourth-order valence-electron chi connectivity index (χ4n) is 3.87. The highest BCUT2D eigenvalue weighted by molar-refractivity contribution is 7.17. The van der Waals surface area contributed by atoms with Crippen LogP contribution in [-0.4, -0.2) is 52.7 Å². The van der Waals surface area contributed by atoms with Gasteiger partial charge in [0.15, 0.2) is 5.82 Å². The maximum Gasteiger partial charge on any atom is 0.259 e. The number of hydrogen-bond acceptors (Lipinski definition) is 6. The molecule has 6 nitrogen and oxygen atoms in total. The van der Waals surface area contributed by atoms with Crippen molar-refractivity contribution in [1.82, 2.24) is 19.9 Å². The normalized spacial score (nSPS) is 14.8. The molecule has 1 N–H and O–H groups in total. The van der Waals surface area contributed by atoms with E-state index in [0.717, 1.165) is 60.4 Å². The number of morpholine rings is 1. The van der Waals surface area contributed by atoms with Gasteiger partial charge in [-0.05, 0) is 53.4 Å². The fraction of sp³-hybridized carbons (Fsp3) is 0.318. The summed E-state index contributed by atoms with van der Waals surface area (Å²) in [5, 5.41) is 3.79. The van der Waals surface area contributed by atoms with Crippen LogP contribution in [0.4, 0.5) is 0 Å². The SMILES string of the molecule is Cc1cc(CCN2CCOCC2)cc2c(=O)[nH]c(-c3cc4ccsc4cn3)nc12.Cl. The molecule has 0 amide bonds. The van der Waals surface area contributed by atoms with Crippen molar-refractivity contribution < 1.29 is 4.74 Å². The third-order valence-electron chi connectivity index (χ3n) is 5.46. The number of aromatic amines is 1.